The molecule has 0 fully saturated rings. The second kappa shape index (κ2) is 6.26. The summed E-state index contributed by atoms with van der Waals surface area (Å²) in [5.41, 5.74) is 2.25. The highest BCUT2D eigenvalue weighted by Gasteiger charge is 2.08. The largest absolute Gasteiger partial charge is 0.308 e. The lowest BCUT2D eigenvalue weighted by molar-refractivity contribution is 0.395. The Kier molecular flexibility index (Phi) is 4.97. The van der Waals surface area contributed by atoms with Gasteiger partial charge in [-0.05, 0) is 26.6 Å². The van der Waals surface area contributed by atoms with Crippen molar-refractivity contribution in [2.24, 2.45) is 0 Å². The zero-order valence-corrected chi connectivity index (χ0v) is 10.2. The van der Waals surface area contributed by atoms with Crippen LogP contribution in [0.3, 0.4) is 0 Å². The number of likely N-dealkylation sites (N-methyl/N-ethyl adjacent to an activating group) is 1. The summed E-state index contributed by atoms with van der Waals surface area (Å²) in [6.07, 6.45) is 0. The highest BCUT2D eigenvalue weighted by molar-refractivity contribution is 5.27. The van der Waals surface area contributed by atoms with E-state index < -0.39 is 0 Å². The highest BCUT2D eigenvalue weighted by Crippen LogP contribution is 2.12. The summed E-state index contributed by atoms with van der Waals surface area (Å²) in [6.45, 7) is 3.80. The molecule has 0 heterocycles. The van der Waals surface area contributed by atoms with Gasteiger partial charge < -0.3 is 4.90 Å². The minimum Gasteiger partial charge on any atom is -0.308 e. The third kappa shape index (κ3) is 4.01. The van der Waals surface area contributed by atoms with E-state index in [0.29, 0.717) is 0 Å². The van der Waals surface area contributed by atoms with Crippen LogP contribution < -0.4 is 5.32 Å². The van der Waals surface area contributed by atoms with E-state index in [9.17, 15) is 0 Å². The van der Waals surface area contributed by atoms with Crippen molar-refractivity contribution < 1.29 is 0 Å². The molecule has 0 radical (unpaired) electrons. The molecule has 0 aromatic heterocycles. The van der Waals surface area contributed by atoms with E-state index in [-0.39, 0.29) is 6.04 Å². The molecule has 3 heteroatoms. The molecule has 86 valence electrons. The van der Waals surface area contributed by atoms with Gasteiger partial charge in [0.05, 0.1) is 6.07 Å². The van der Waals surface area contributed by atoms with Gasteiger partial charge in [0.1, 0.15) is 6.04 Å². The van der Waals surface area contributed by atoms with Crippen molar-refractivity contribution in [1.82, 2.24) is 10.2 Å². The fourth-order valence-corrected chi connectivity index (χ4v) is 1.43. The van der Waals surface area contributed by atoms with Gasteiger partial charge in [0.2, 0.25) is 0 Å². The van der Waals surface area contributed by atoms with Gasteiger partial charge in [0.15, 0.2) is 0 Å². The fourth-order valence-electron chi connectivity index (χ4n) is 1.43. The van der Waals surface area contributed by atoms with Crippen molar-refractivity contribution in [3.8, 4) is 6.07 Å². The highest BCUT2D eigenvalue weighted by atomic mass is 15.1. The predicted molar refractivity (Wildman–Crippen MR) is 66.1 cm³/mol. The van der Waals surface area contributed by atoms with Crippen LogP contribution in [0, 0.1) is 18.3 Å². The lowest BCUT2D eigenvalue weighted by Crippen LogP contribution is -2.29. The minimum atomic E-state index is -0.208. The first-order valence-electron chi connectivity index (χ1n) is 5.48. The van der Waals surface area contributed by atoms with Crippen LogP contribution in [0.15, 0.2) is 24.3 Å². The van der Waals surface area contributed by atoms with Gasteiger partial charge in [-0.25, -0.2) is 0 Å². The smallest absolute Gasteiger partial charge is 0.121 e. The number of hydrogen-bond donors (Lipinski definition) is 1. The SMILES string of the molecule is Cc1ccc(C(C#N)NCCN(C)C)cc1. The summed E-state index contributed by atoms with van der Waals surface area (Å²) in [5, 5.41) is 12.3. The molecule has 1 unspecified atom stereocenters. The predicted octanol–water partition coefficient (Wildman–Crippen LogP) is 1.71. The van der Waals surface area contributed by atoms with Crippen molar-refractivity contribution in [3.05, 3.63) is 35.4 Å². The van der Waals surface area contributed by atoms with E-state index in [1.165, 1.54) is 5.56 Å². The molecular weight excluding hydrogens is 198 g/mol. The third-order valence-corrected chi connectivity index (χ3v) is 2.45. The summed E-state index contributed by atoms with van der Waals surface area (Å²) in [7, 11) is 4.05. The zero-order chi connectivity index (χ0) is 12.0. The van der Waals surface area contributed by atoms with E-state index in [1.807, 2.05) is 45.3 Å². The van der Waals surface area contributed by atoms with Gasteiger partial charge >= 0.3 is 0 Å². The Morgan fingerprint density at radius 3 is 2.44 bits per heavy atom. The van der Waals surface area contributed by atoms with Crippen molar-refractivity contribution in [2.45, 2.75) is 13.0 Å². The van der Waals surface area contributed by atoms with Crippen LogP contribution in [0.25, 0.3) is 0 Å². The lowest BCUT2D eigenvalue weighted by Gasteiger charge is -2.14. The van der Waals surface area contributed by atoms with Crippen molar-refractivity contribution in [3.63, 3.8) is 0 Å². The monoisotopic (exact) mass is 217 g/mol. The standard InChI is InChI=1S/C13H19N3/c1-11-4-6-12(7-5-11)13(10-14)15-8-9-16(2)3/h4-7,13,15H,8-9H2,1-3H3. The van der Waals surface area contributed by atoms with Crippen LogP contribution in [0.2, 0.25) is 0 Å². The Labute approximate surface area is 97.7 Å². The molecule has 0 aliphatic carbocycles. The average Bonchev–Trinajstić information content (AvgIpc) is 2.26. The first kappa shape index (κ1) is 12.7. The molecule has 1 N–H and O–H groups in total. The molecular formula is C13H19N3. The molecule has 0 saturated carbocycles. The fraction of sp³-hybridized carbons (Fsp3) is 0.462. The number of benzene rings is 1. The van der Waals surface area contributed by atoms with Crippen LogP contribution in [0.1, 0.15) is 17.2 Å². The van der Waals surface area contributed by atoms with Crippen molar-refractivity contribution in [2.75, 3.05) is 27.2 Å². The van der Waals surface area contributed by atoms with Gasteiger partial charge in [-0.15, -0.1) is 0 Å². The molecule has 0 aliphatic heterocycles. The van der Waals surface area contributed by atoms with E-state index in [1.54, 1.807) is 0 Å². The van der Waals surface area contributed by atoms with Crippen LogP contribution in [-0.2, 0) is 0 Å². The van der Waals surface area contributed by atoms with E-state index in [4.69, 9.17) is 5.26 Å². The van der Waals surface area contributed by atoms with Crippen LogP contribution in [0.4, 0.5) is 0 Å². The summed E-state index contributed by atoms with van der Waals surface area (Å²) < 4.78 is 0. The van der Waals surface area contributed by atoms with E-state index in [2.05, 4.69) is 16.3 Å². The molecule has 16 heavy (non-hydrogen) atoms. The second-order valence-corrected chi connectivity index (χ2v) is 4.23. The van der Waals surface area contributed by atoms with Crippen LogP contribution in [-0.4, -0.2) is 32.1 Å². The number of rotatable bonds is 5. The molecule has 1 aromatic rings. The van der Waals surface area contributed by atoms with E-state index >= 15 is 0 Å². The normalized spacial score (nSPS) is 12.4. The van der Waals surface area contributed by atoms with Crippen molar-refractivity contribution in [1.29, 1.82) is 5.26 Å². The first-order valence-corrected chi connectivity index (χ1v) is 5.48. The number of nitrogens with zero attached hydrogens (tertiary/aromatic N) is 2. The molecule has 1 aromatic carbocycles. The van der Waals surface area contributed by atoms with E-state index in [0.717, 1.165) is 18.7 Å². The number of nitriles is 1. The van der Waals surface area contributed by atoms with Crippen molar-refractivity contribution >= 4 is 0 Å². The maximum absolute atomic E-state index is 9.09. The molecule has 0 aliphatic rings. The molecule has 0 saturated heterocycles. The Morgan fingerprint density at radius 1 is 1.31 bits per heavy atom. The maximum atomic E-state index is 9.09. The Morgan fingerprint density at radius 2 is 1.94 bits per heavy atom. The second-order valence-electron chi connectivity index (χ2n) is 4.23. The molecule has 1 rings (SSSR count). The molecule has 1 atom stereocenters. The van der Waals surface area contributed by atoms with Gasteiger partial charge in [-0.3, -0.25) is 5.32 Å². The van der Waals surface area contributed by atoms with Gasteiger partial charge in [0, 0.05) is 13.1 Å². The number of aryl methyl sites for hydroxylation is 1. The number of hydrogen-bond acceptors (Lipinski definition) is 3. The summed E-state index contributed by atoms with van der Waals surface area (Å²) >= 11 is 0. The maximum Gasteiger partial charge on any atom is 0.121 e. The summed E-state index contributed by atoms with van der Waals surface area (Å²) in [6, 6.07) is 10.2. The number of nitrogens with one attached hydrogen (secondary N) is 1. The minimum absolute atomic E-state index is 0.208. The van der Waals surface area contributed by atoms with Crippen LogP contribution in [0.5, 0.6) is 0 Å². The Hall–Kier alpha value is -1.37. The summed E-state index contributed by atoms with van der Waals surface area (Å²) in [4.78, 5) is 2.09. The van der Waals surface area contributed by atoms with Gasteiger partial charge in [0.25, 0.3) is 0 Å². The van der Waals surface area contributed by atoms with Gasteiger partial charge in [-0.1, -0.05) is 29.8 Å². The quantitative estimate of drug-likeness (QED) is 0.816. The first-order chi connectivity index (χ1) is 7.63. The van der Waals surface area contributed by atoms with Crippen LogP contribution >= 0.6 is 0 Å². The Balaban J connectivity index is 2.55. The third-order valence-electron chi connectivity index (χ3n) is 2.45. The molecule has 0 bridgehead atoms. The average molecular weight is 217 g/mol. The zero-order valence-electron chi connectivity index (χ0n) is 10.2. The molecule has 3 nitrogen and oxygen atoms in total. The van der Waals surface area contributed by atoms with Gasteiger partial charge in [-0.2, -0.15) is 5.26 Å². The molecule has 0 amide bonds. The lowest BCUT2D eigenvalue weighted by atomic mass is 10.1. The Bertz CT molecular complexity index is 348. The summed E-state index contributed by atoms with van der Waals surface area (Å²) in [5.74, 6) is 0. The molecule has 0 spiro atoms. The topological polar surface area (TPSA) is 39.1 Å².